The van der Waals surface area contributed by atoms with Gasteiger partial charge in [0.05, 0.1) is 0 Å². The summed E-state index contributed by atoms with van der Waals surface area (Å²) in [6, 6.07) is 19.1. The van der Waals surface area contributed by atoms with Gasteiger partial charge in [0.15, 0.2) is 0 Å². The van der Waals surface area contributed by atoms with Gasteiger partial charge in [-0.3, -0.25) is 9.69 Å². The first-order valence-electron chi connectivity index (χ1n) is 11.0. The van der Waals surface area contributed by atoms with Gasteiger partial charge in [0.1, 0.15) is 0 Å². The van der Waals surface area contributed by atoms with Crippen LogP contribution in [0.2, 0.25) is 0 Å². The van der Waals surface area contributed by atoms with Crippen molar-refractivity contribution in [1.29, 1.82) is 0 Å². The van der Waals surface area contributed by atoms with Crippen LogP contribution in [-0.2, 0) is 4.79 Å². The topological polar surface area (TPSA) is 35.6 Å². The zero-order chi connectivity index (χ0) is 20.5. The Labute approximate surface area is 175 Å². The molecule has 3 rings (SSSR count). The summed E-state index contributed by atoms with van der Waals surface area (Å²) >= 11 is 0. The molecule has 4 nitrogen and oxygen atoms in total. The number of carbonyl (C=O) groups excluding carboxylic acids is 1. The van der Waals surface area contributed by atoms with E-state index >= 15 is 0 Å². The third-order valence-corrected chi connectivity index (χ3v) is 5.82. The number of carbonyl (C=O) groups is 1. The lowest BCUT2D eigenvalue weighted by Gasteiger charge is -2.36. The number of benzene rings is 2. The van der Waals surface area contributed by atoms with E-state index in [-0.39, 0.29) is 11.8 Å². The molecule has 2 aromatic rings. The average molecular weight is 394 g/mol. The molecule has 1 atom stereocenters. The molecule has 1 fully saturated rings. The third kappa shape index (κ3) is 6.90. The first-order chi connectivity index (χ1) is 14.1. The Kier molecular flexibility index (Phi) is 8.12. The van der Waals surface area contributed by atoms with E-state index in [0.29, 0.717) is 6.42 Å². The molecule has 1 N–H and O–H groups in total. The lowest BCUT2D eigenvalue weighted by molar-refractivity contribution is -0.121. The summed E-state index contributed by atoms with van der Waals surface area (Å²) in [6.07, 6.45) is 2.74. The molecule has 2 aromatic carbocycles. The van der Waals surface area contributed by atoms with E-state index in [1.165, 1.54) is 16.8 Å². The number of anilines is 1. The highest BCUT2D eigenvalue weighted by molar-refractivity contribution is 5.76. The monoisotopic (exact) mass is 393 g/mol. The molecule has 4 heteroatoms. The number of rotatable bonds is 9. The van der Waals surface area contributed by atoms with Gasteiger partial charge in [0.2, 0.25) is 5.91 Å². The summed E-state index contributed by atoms with van der Waals surface area (Å²) in [5, 5.41) is 3.09. The number of hydrogen-bond acceptors (Lipinski definition) is 3. The Morgan fingerprint density at radius 1 is 1.00 bits per heavy atom. The van der Waals surface area contributed by atoms with Crippen LogP contribution in [0, 0.1) is 6.92 Å². The minimum atomic E-state index is 0.160. The Balaban J connectivity index is 1.26. The maximum atomic E-state index is 12.2. The van der Waals surface area contributed by atoms with Gasteiger partial charge in [0, 0.05) is 44.8 Å². The molecule has 1 aliphatic heterocycles. The van der Waals surface area contributed by atoms with Gasteiger partial charge in [-0.05, 0) is 55.5 Å². The Hall–Kier alpha value is -2.33. The van der Waals surface area contributed by atoms with Gasteiger partial charge >= 0.3 is 0 Å². The number of piperazine rings is 1. The molecular weight excluding hydrogens is 358 g/mol. The van der Waals surface area contributed by atoms with Crippen LogP contribution >= 0.6 is 0 Å². The molecule has 0 aliphatic carbocycles. The van der Waals surface area contributed by atoms with Gasteiger partial charge in [-0.25, -0.2) is 0 Å². The Morgan fingerprint density at radius 3 is 2.48 bits per heavy atom. The second kappa shape index (κ2) is 11.0. The first kappa shape index (κ1) is 21.4. The highest BCUT2D eigenvalue weighted by Crippen LogP contribution is 2.19. The quantitative estimate of drug-likeness (QED) is 0.649. The van der Waals surface area contributed by atoms with Crippen LogP contribution in [0.5, 0.6) is 0 Å². The summed E-state index contributed by atoms with van der Waals surface area (Å²) in [5.41, 5.74) is 3.90. The number of nitrogens with zero attached hydrogens (tertiary/aromatic N) is 2. The fourth-order valence-corrected chi connectivity index (χ4v) is 3.99. The zero-order valence-electron chi connectivity index (χ0n) is 17.9. The van der Waals surface area contributed by atoms with E-state index < -0.39 is 0 Å². The van der Waals surface area contributed by atoms with Crippen molar-refractivity contribution < 1.29 is 4.79 Å². The summed E-state index contributed by atoms with van der Waals surface area (Å²) in [4.78, 5) is 17.2. The number of hydrogen-bond donors (Lipinski definition) is 1. The number of amides is 1. The van der Waals surface area contributed by atoms with Crippen molar-refractivity contribution in [2.75, 3.05) is 44.2 Å². The molecule has 0 spiro atoms. The molecule has 0 saturated carbocycles. The normalized spacial score (nSPS) is 15.9. The molecule has 1 aliphatic rings. The second-order valence-corrected chi connectivity index (χ2v) is 8.24. The molecule has 0 bridgehead atoms. The lowest BCUT2D eigenvalue weighted by atomic mass is 9.97. The van der Waals surface area contributed by atoms with Crippen molar-refractivity contribution in [3.8, 4) is 0 Å². The predicted molar refractivity (Wildman–Crippen MR) is 122 cm³/mol. The molecule has 1 unspecified atom stereocenters. The Bertz CT molecular complexity index is 754. The van der Waals surface area contributed by atoms with Crippen molar-refractivity contribution in [2.24, 2.45) is 0 Å². The second-order valence-electron chi connectivity index (χ2n) is 8.24. The van der Waals surface area contributed by atoms with Crippen molar-refractivity contribution >= 4 is 11.6 Å². The van der Waals surface area contributed by atoms with Crippen LogP contribution in [0.1, 0.15) is 43.2 Å². The molecule has 1 amide bonds. The molecule has 0 radical (unpaired) electrons. The van der Waals surface area contributed by atoms with Crippen LogP contribution in [-0.4, -0.2) is 50.1 Å². The Morgan fingerprint density at radius 2 is 1.76 bits per heavy atom. The largest absolute Gasteiger partial charge is 0.369 e. The summed E-state index contributed by atoms with van der Waals surface area (Å²) in [6.45, 7) is 10.6. The van der Waals surface area contributed by atoms with Gasteiger partial charge in [0.25, 0.3) is 0 Å². The minimum Gasteiger partial charge on any atom is -0.369 e. The van der Waals surface area contributed by atoms with Crippen LogP contribution in [0.3, 0.4) is 0 Å². The van der Waals surface area contributed by atoms with Gasteiger partial charge in [-0.2, -0.15) is 0 Å². The maximum absolute atomic E-state index is 12.2. The van der Waals surface area contributed by atoms with Crippen molar-refractivity contribution in [1.82, 2.24) is 10.2 Å². The lowest BCUT2D eigenvalue weighted by Crippen LogP contribution is -2.46. The van der Waals surface area contributed by atoms with E-state index in [9.17, 15) is 4.79 Å². The number of unbranched alkanes of at least 4 members (excludes halogenated alkanes) is 1. The fraction of sp³-hybridized carbons (Fsp3) is 0.480. The first-order valence-corrected chi connectivity index (χ1v) is 11.0. The van der Waals surface area contributed by atoms with Gasteiger partial charge in [-0.15, -0.1) is 0 Å². The molecular formula is C25H35N3O. The molecule has 1 heterocycles. The number of aryl methyl sites for hydroxylation is 1. The van der Waals surface area contributed by atoms with Crippen LogP contribution < -0.4 is 10.2 Å². The van der Waals surface area contributed by atoms with Gasteiger partial charge < -0.3 is 10.2 Å². The smallest absolute Gasteiger partial charge is 0.220 e. The van der Waals surface area contributed by atoms with E-state index in [2.05, 4.69) is 65.4 Å². The van der Waals surface area contributed by atoms with Crippen LogP contribution in [0.4, 0.5) is 5.69 Å². The van der Waals surface area contributed by atoms with E-state index in [1.807, 2.05) is 18.2 Å². The zero-order valence-corrected chi connectivity index (χ0v) is 17.9. The summed E-state index contributed by atoms with van der Waals surface area (Å²) < 4.78 is 0. The van der Waals surface area contributed by atoms with Crippen molar-refractivity contribution in [2.45, 2.75) is 39.0 Å². The average Bonchev–Trinajstić information content (AvgIpc) is 2.74. The summed E-state index contributed by atoms with van der Waals surface area (Å²) in [5.74, 6) is 0.425. The number of nitrogens with one attached hydrogen (secondary N) is 1. The SMILES string of the molecule is Cc1cccc(N2CCN(CCCCNC(=O)CC(C)c3ccccc3)CC2)c1. The van der Waals surface area contributed by atoms with Crippen LogP contribution in [0.25, 0.3) is 0 Å². The standard InChI is InChI=1S/C25H35N3O/c1-21-9-8-12-24(19-21)28-17-15-27(16-18-28)14-7-6-13-26-25(29)20-22(2)23-10-4-3-5-11-23/h3-5,8-12,19,22H,6-7,13-18,20H2,1-2H3,(H,26,29). The van der Waals surface area contributed by atoms with Crippen molar-refractivity contribution in [3.63, 3.8) is 0 Å². The molecule has 29 heavy (non-hydrogen) atoms. The molecule has 156 valence electrons. The highest BCUT2D eigenvalue weighted by Gasteiger charge is 2.17. The van der Waals surface area contributed by atoms with E-state index in [0.717, 1.165) is 52.1 Å². The summed E-state index contributed by atoms with van der Waals surface area (Å²) in [7, 11) is 0. The predicted octanol–water partition coefficient (Wildman–Crippen LogP) is 4.21. The maximum Gasteiger partial charge on any atom is 0.220 e. The minimum absolute atomic E-state index is 0.160. The third-order valence-electron chi connectivity index (χ3n) is 5.82. The highest BCUT2D eigenvalue weighted by atomic mass is 16.1. The van der Waals surface area contributed by atoms with Crippen molar-refractivity contribution in [3.05, 3.63) is 65.7 Å². The van der Waals surface area contributed by atoms with E-state index in [1.54, 1.807) is 0 Å². The van der Waals surface area contributed by atoms with Gasteiger partial charge in [-0.1, -0.05) is 49.4 Å². The fourth-order valence-electron chi connectivity index (χ4n) is 3.99. The molecule has 1 saturated heterocycles. The molecule has 0 aromatic heterocycles. The van der Waals surface area contributed by atoms with Crippen LogP contribution in [0.15, 0.2) is 54.6 Å². The van der Waals surface area contributed by atoms with E-state index in [4.69, 9.17) is 0 Å².